The molecular weight excluding hydrogens is 363 g/mol. The van der Waals surface area contributed by atoms with Gasteiger partial charge in [0.2, 0.25) is 0 Å². The number of rotatable bonds is 5. The molecule has 0 saturated carbocycles. The monoisotopic (exact) mass is 385 g/mol. The molecule has 0 aliphatic heterocycles. The second-order valence-corrected chi connectivity index (χ2v) is 6.79. The van der Waals surface area contributed by atoms with Crippen LogP contribution in [0.2, 0.25) is 0 Å². The third kappa shape index (κ3) is 4.57. The molecular formula is C22H22F3N3. The Kier molecular flexibility index (Phi) is 5.49. The third-order valence-electron chi connectivity index (χ3n) is 4.52. The number of nitrogen functional groups attached to an aromatic ring is 1. The van der Waals surface area contributed by atoms with E-state index in [4.69, 9.17) is 5.73 Å². The van der Waals surface area contributed by atoms with Gasteiger partial charge in [0.05, 0.1) is 5.56 Å². The summed E-state index contributed by atoms with van der Waals surface area (Å²) in [6.07, 6.45) is -4.33. The minimum absolute atomic E-state index is 0.481. The second kappa shape index (κ2) is 7.84. The number of benzene rings is 3. The van der Waals surface area contributed by atoms with Crippen molar-refractivity contribution >= 4 is 17.1 Å². The van der Waals surface area contributed by atoms with Crippen molar-refractivity contribution in [3.63, 3.8) is 0 Å². The van der Waals surface area contributed by atoms with Crippen molar-refractivity contribution in [3.05, 3.63) is 77.9 Å². The predicted octanol–water partition coefficient (Wildman–Crippen LogP) is 5.63. The zero-order chi connectivity index (χ0) is 20.3. The molecule has 0 spiro atoms. The van der Waals surface area contributed by atoms with Crippen LogP contribution in [-0.4, -0.2) is 14.1 Å². The molecule has 3 nitrogen and oxygen atoms in total. The van der Waals surface area contributed by atoms with Gasteiger partial charge >= 0.3 is 6.18 Å². The summed E-state index contributed by atoms with van der Waals surface area (Å²) >= 11 is 0. The summed E-state index contributed by atoms with van der Waals surface area (Å²) in [5.41, 5.74) is 10.8. The maximum atomic E-state index is 12.6. The fourth-order valence-electron chi connectivity index (χ4n) is 2.88. The van der Waals surface area contributed by atoms with Gasteiger partial charge in [-0.25, -0.2) is 0 Å². The second-order valence-electron chi connectivity index (χ2n) is 6.79. The Bertz CT molecular complexity index is 931. The first-order valence-corrected chi connectivity index (χ1v) is 8.81. The van der Waals surface area contributed by atoms with Crippen LogP contribution < -0.4 is 16.0 Å². The molecule has 146 valence electrons. The molecule has 0 aliphatic rings. The Morgan fingerprint density at radius 2 is 1.54 bits per heavy atom. The van der Waals surface area contributed by atoms with Gasteiger partial charge in [0.15, 0.2) is 0 Å². The molecule has 6 heteroatoms. The lowest BCUT2D eigenvalue weighted by Gasteiger charge is -2.14. The topological polar surface area (TPSA) is 41.3 Å². The highest BCUT2D eigenvalue weighted by Crippen LogP contribution is 2.31. The van der Waals surface area contributed by atoms with E-state index in [1.165, 1.54) is 12.1 Å². The van der Waals surface area contributed by atoms with Crippen LogP contribution in [0.1, 0.15) is 11.1 Å². The third-order valence-corrected chi connectivity index (χ3v) is 4.52. The Morgan fingerprint density at radius 1 is 0.893 bits per heavy atom. The number of hydrogen-bond donors (Lipinski definition) is 2. The van der Waals surface area contributed by atoms with Crippen molar-refractivity contribution in [3.8, 4) is 11.1 Å². The average Bonchev–Trinajstić information content (AvgIpc) is 2.67. The summed E-state index contributed by atoms with van der Waals surface area (Å²) in [5.74, 6) is 0. The maximum Gasteiger partial charge on any atom is 0.416 e. The maximum absolute atomic E-state index is 12.6. The summed E-state index contributed by atoms with van der Waals surface area (Å²) in [6.45, 7) is 0.481. The molecule has 0 aliphatic carbocycles. The average molecular weight is 385 g/mol. The van der Waals surface area contributed by atoms with Crippen LogP contribution in [0.3, 0.4) is 0 Å². The van der Waals surface area contributed by atoms with Crippen LogP contribution in [0.15, 0.2) is 66.7 Å². The molecule has 0 heterocycles. The lowest BCUT2D eigenvalue weighted by molar-refractivity contribution is -0.137. The van der Waals surface area contributed by atoms with Crippen molar-refractivity contribution in [2.45, 2.75) is 12.7 Å². The van der Waals surface area contributed by atoms with Gasteiger partial charge in [-0.05, 0) is 59.7 Å². The zero-order valence-electron chi connectivity index (χ0n) is 15.7. The number of nitrogens with two attached hydrogens (primary N) is 1. The van der Waals surface area contributed by atoms with E-state index in [0.29, 0.717) is 17.9 Å². The number of nitrogens with one attached hydrogen (secondary N) is 1. The van der Waals surface area contributed by atoms with E-state index in [2.05, 4.69) is 5.32 Å². The standard InChI is InChI=1S/C22H22F3N3/c1-28(2)19-10-4-16(5-11-19)20-13-15(3-12-21(20)26)14-27-18-8-6-17(7-9-18)22(23,24)25/h3-13,27H,14,26H2,1-2H3. The van der Waals surface area contributed by atoms with Crippen LogP contribution in [0.5, 0.6) is 0 Å². The molecule has 0 aromatic heterocycles. The number of halogens is 3. The van der Waals surface area contributed by atoms with E-state index in [0.717, 1.165) is 34.5 Å². The van der Waals surface area contributed by atoms with Gasteiger partial charge in [0.25, 0.3) is 0 Å². The molecule has 3 aromatic rings. The van der Waals surface area contributed by atoms with Crippen molar-refractivity contribution in [1.29, 1.82) is 0 Å². The number of anilines is 3. The van der Waals surface area contributed by atoms with E-state index in [1.807, 2.05) is 61.5 Å². The lowest BCUT2D eigenvalue weighted by Crippen LogP contribution is -2.08. The van der Waals surface area contributed by atoms with E-state index in [1.54, 1.807) is 0 Å². The summed E-state index contributed by atoms with van der Waals surface area (Å²) in [5, 5.41) is 3.15. The Balaban J connectivity index is 1.74. The van der Waals surface area contributed by atoms with Gasteiger partial charge in [-0.2, -0.15) is 13.2 Å². The lowest BCUT2D eigenvalue weighted by atomic mass is 10.0. The van der Waals surface area contributed by atoms with Crippen LogP contribution in [0, 0.1) is 0 Å². The Labute approximate surface area is 162 Å². The van der Waals surface area contributed by atoms with Gasteiger partial charge in [-0.15, -0.1) is 0 Å². The van der Waals surface area contributed by atoms with Crippen molar-refractivity contribution in [2.24, 2.45) is 0 Å². The van der Waals surface area contributed by atoms with Gasteiger partial charge in [-0.1, -0.05) is 18.2 Å². The van der Waals surface area contributed by atoms with Gasteiger partial charge in [0, 0.05) is 43.3 Å². The molecule has 3 aromatic carbocycles. The van der Waals surface area contributed by atoms with E-state index < -0.39 is 11.7 Å². The van der Waals surface area contributed by atoms with E-state index in [9.17, 15) is 13.2 Å². The van der Waals surface area contributed by atoms with Gasteiger partial charge < -0.3 is 16.0 Å². The van der Waals surface area contributed by atoms with Crippen LogP contribution >= 0.6 is 0 Å². The smallest absolute Gasteiger partial charge is 0.398 e. The van der Waals surface area contributed by atoms with Gasteiger partial charge in [0.1, 0.15) is 0 Å². The summed E-state index contributed by atoms with van der Waals surface area (Å²) < 4.78 is 37.9. The number of nitrogens with zero attached hydrogens (tertiary/aromatic N) is 1. The fraction of sp³-hybridized carbons (Fsp3) is 0.182. The van der Waals surface area contributed by atoms with Crippen LogP contribution in [0.4, 0.5) is 30.2 Å². The Morgan fingerprint density at radius 3 is 2.11 bits per heavy atom. The first-order valence-electron chi connectivity index (χ1n) is 8.81. The number of alkyl halides is 3. The van der Waals surface area contributed by atoms with Crippen molar-refractivity contribution < 1.29 is 13.2 Å². The molecule has 28 heavy (non-hydrogen) atoms. The minimum Gasteiger partial charge on any atom is -0.398 e. The molecule has 0 fully saturated rings. The van der Waals surface area contributed by atoms with E-state index >= 15 is 0 Å². The highest BCUT2D eigenvalue weighted by molar-refractivity contribution is 5.78. The molecule has 0 amide bonds. The first-order chi connectivity index (χ1) is 13.2. The van der Waals surface area contributed by atoms with Gasteiger partial charge in [-0.3, -0.25) is 0 Å². The molecule has 0 unspecified atom stereocenters. The normalized spacial score (nSPS) is 11.3. The molecule has 0 bridgehead atoms. The fourth-order valence-corrected chi connectivity index (χ4v) is 2.88. The van der Waals surface area contributed by atoms with Crippen molar-refractivity contribution in [2.75, 3.05) is 30.0 Å². The SMILES string of the molecule is CN(C)c1ccc(-c2cc(CNc3ccc(C(F)(F)F)cc3)ccc2N)cc1. The summed E-state index contributed by atoms with van der Waals surface area (Å²) in [6, 6.07) is 18.9. The molecule has 3 N–H and O–H groups in total. The number of hydrogen-bond acceptors (Lipinski definition) is 3. The zero-order valence-corrected chi connectivity index (χ0v) is 15.7. The minimum atomic E-state index is -4.33. The highest BCUT2D eigenvalue weighted by Gasteiger charge is 2.29. The van der Waals surface area contributed by atoms with Crippen molar-refractivity contribution in [1.82, 2.24) is 0 Å². The molecule has 0 atom stereocenters. The van der Waals surface area contributed by atoms with Crippen LogP contribution in [0.25, 0.3) is 11.1 Å². The first kappa shape index (κ1) is 19.6. The largest absolute Gasteiger partial charge is 0.416 e. The predicted molar refractivity (Wildman–Crippen MR) is 109 cm³/mol. The summed E-state index contributed by atoms with van der Waals surface area (Å²) in [4.78, 5) is 2.03. The Hall–Kier alpha value is -3.15. The molecule has 0 radical (unpaired) electrons. The molecule has 3 rings (SSSR count). The summed E-state index contributed by atoms with van der Waals surface area (Å²) in [7, 11) is 3.97. The quantitative estimate of drug-likeness (QED) is 0.559. The molecule has 0 saturated heterocycles. The van der Waals surface area contributed by atoms with E-state index in [-0.39, 0.29) is 0 Å². The highest BCUT2D eigenvalue weighted by atomic mass is 19.4. The van der Waals surface area contributed by atoms with Crippen LogP contribution in [-0.2, 0) is 12.7 Å².